The first-order valence-electron chi connectivity index (χ1n) is 25.5. The maximum absolute atomic E-state index is 12.5. The summed E-state index contributed by atoms with van der Waals surface area (Å²) in [6.07, 6.45) is 36.4. The van der Waals surface area contributed by atoms with Gasteiger partial charge in [0.1, 0.15) is 25.9 Å². The molecule has 1 unspecified atom stereocenters. The van der Waals surface area contributed by atoms with Crippen LogP contribution in [-0.4, -0.2) is 103 Å². The van der Waals surface area contributed by atoms with Crippen molar-refractivity contribution in [2.45, 2.75) is 219 Å². The molecule has 11 heteroatoms. The van der Waals surface area contributed by atoms with E-state index in [2.05, 4.69) is 20.4 Å². The van der Waals surface area contributed by atoms with Crippen LogP contribution in [0.1, 0.15) is 213 Å². The van der Waals surface area contributed by atoms with Crippen LogP contribution in [-0.2, 0) is 52.3 Å². The van der Waals surface area contributed by atoms with Crippen molar-refractivity contribution in [1.82, 2.24) is 0 Å². The molecule has 366 valence electrons. The van der Waals surface area contributed by atoms with Crippen LogP contribution in [0.25, 0.3) is 0 Å². The largest absolute Gasteiger partial charge is 0.463 e. The van der Waals surface area contributed by atoms with Crippen molar-refractivity contribution in [3.8, 4) is 0 Å². The summed E-state index contributed by atoms with van der Waals surface area (Å²) in [5.41, 5.74) is 0.352. The van der Waals surface area contributed by atoms with E-state index in [-0.39, 0.29) is 52.0 Å². The molecule has 0 aliphatic carbocycles. The van der Waals surface area contributed by atoms with Crippen LogP contribution in [0.15, 0.2) is 12.2 Å². The van der Waals surface area contributed by atoms with Crippen molar-refractivity contribution in [3.05, 3.63) is 12.2 Å². The lowest BCUT2D eigenvalue weighted by atomic mass is 10.0. The molecule has 0 fully saturated rings. The minimum absolute atomic E-state index is 0.0580. The number of ether oxygens (including phenoxy) is 8. The third kappa shape index (κ3) is 47.4. The van der Waals surface area contributed by atoms with Gasteiger partial charge in [-0.2, -0.15) is 0 Å². The fraction of sp³-hybridized carbons (Fsp3) is 0.902. The first-order chi connectivity index (χ1) is 30.4. The molecule has 0 aromatic carbocycles. The lowest BCUT2D eigenvalue weighted by Gasteiger charge is -2.18. The highest BCUT2D eigenvalue weighted by molar-refractivity contribution is 5.86. The van der Waals surface area contributed by atoms with Crippen molar-refractivity contribution in [1.29, 1.82) is 0 Å². The zero-order valence-electron chi connectivity index (χ0n) is 40.5. The molecule has 0 aliphatic heterocycles. The first-order valence-corrected chi connectivity index (χ1v) is 25.5. The minimum Gasteiger partial charge on any atom is -0.463 e. The van der Waals surface area contributed by atoms with Gasteiger partial charge in [-0.3, -0.25) is 9.59 Å². The predicted octanol–water partition coefficient (Wildman–Crippen LogP) is 12.4. The molecule has 11 nitrogen and oxygen atoms in total. The van der Waals surface area contributed by atoms with Crippen LogP contribution < -0.4 is 0 Å². The maximum atomic E-state index is 12.5. The van der Waals surface area contributed by atoms with E-state index in [1.54, 1.807) is 6.92 Å². The topological polar surface area (TPSA) is 125 Å². The monoisotopic (exact) mass is 885 g/mol. The molecular formula is C51H96O11. The van der Waals surface area contributed by atoms with E-state index in [1.807, 2.05) is 0 Å². The lowest BCUT2D eigenvalue weighted by Crippen LogP contribution is -2.28. The summed E-state index contributed by atoms with van der Waals surface area (Å²) in [5.74, 6) is -1.37. The molecular weight excluding hydrogens is 789 g/mol. The van der Waals surface area contributed by atoms with Gasteiger partial charge < -0.3 is 37.9 Å². The minimum atomic E-state index is -0.477. The normalized spacial score (nSPS) is 11.8. The van der Waals surface area contributed by atoms with Gasteiger partial charge in [-0.05, 0) is 19.8 Å². The van der Waals surface area contributed by atoms with Gasteiger partial charge >= 0.3 is 17.9 Å². The molecule has 0 N–H and O–H groups in total. The second kappa shape index (κ2) is 50.0. The van der Waals surface area contributed by atoms with Crippen LogP contribution in [0.5, 0.6) is 0 Å². The molecule has 0 aromatic rings. The zero-order valence-corrected chi connectivity index (χ0v) is 40.5. The molecule has 0 radical (unpaired) electrons. The third-order valence-corrected chi connectivity index (χ3v) is 10.8. The molecule has 62 heavy (non-hydrogen) atoms. The van der Waals surface area contributed by atoms with Gasteiger partial charge in [-0.1, -0.05) is 187 Å². The predicted molar refractivity (Wildman–Crippen MR) is 251 cm³/mol. The summed E-state index contributed by atoms with van der Waals surface area (Å²) in [6.45, 7) is 13.7. The van der Waals surface area contributed by atoms with E-state index in [0.717, 1.165) is 19.3 Å². The van der Waals surface area contributed by atoms with Crippen molar-refractivity contribution >= 4 is 17.9 Å². The molecule has 0 heterocycles. The molecule has 0 aliphatic rings. The number of esters is 3. The van der Waals surface area contributed by atoms with Crippen molar-refractivity contribution < 1.29 is 52.3 Å². The fourth-order valence-electron chi connectivity index (χ4n) is 6.91. The van der Waals surface area contributed by atoms with Gasteiger partial charge in [-0.15, -0.1) is 0 Å². The number of hydrogen-bond acceptors (Lipinski definition) is 11. The number of carbonyl (C=O) groups excluding carboxylic acids is 3. The highest BCUT2D eigenvalue weighted by Gasteiger charge is 2.15. The van der Waals surface area contributed by atoms with Crippen LogP contribution in [0, 0.1) is 0 Å². The SMILES string of the molecule is C=C(C)C(=O)OCCOCCOCCOCCOC(=O)CCC(=O)OCC(COCCCCCCCCCCCCCCCC)OCCCCCCCCCCCCCCCC. The molecule has 0 saturated carbocycles. The molecule has 0 saturated heterocycles. The molecule has 0 aromatic heterocycles. The summed E-state index contributed by atoms with van der Waals surface area (Å²) in [4.78, 5) is 36.0. The van der Waals surface area contributed by atoms with Gasteiger partial charge in [0, 0.05) is 18.8 Å². The lowest BCUT2D eigenvalue weighted by molar-refractivity contribution is -0.154. The Morgan fingerprint density at radius 3 is 1.11 bits per heavy atom. The Morgan fingerprint density at radius 2 is 0.710 bits per heavy atom. The van der Waals surface area contributed by atoms with Crippen LogP contribution in [0.2, 0.25) is 0 Å². The summed E-state index contributed by atoms with van der Waals surface area (Å²) >= 11 is 0. The molecule has 0 bridgehead atoms. The molecule has 1 atom stereocenters. The van der Waals surface area contributed by atoms with Gasteiger partial charge in [0.15, 0.2) is 0 Å². The highest BCUT2D eigenvalue weighted by Crippen LogP contribution is 2.15. The second-order valence-electron chi connectivity index (χ2n) is 16.9. The van der Waals surface area contributed by atoms with E-state index >= 15 is 0 Å². The van der Waals surface area contributed by atoms with Crippen LogP contribution in [0.3, 0.4) is 0 Å². The Kier molecular flexibility index (Phi) is 48.3. The number of rotatable bonds is 51. The van der Waals surface area contributed by atoms with Crippen molar-refractivity contribution in [3.63, 3.8) is 0 Å². The fourth-order valence-corrected chi connectivity index (χ4v) is 6.91. The van der Waals surface area contributed by atoms with Crippen LogP contribution >= 0.6 is 0 Å². The number of carbonyl (C=O) groups is 3. The van der Waals surface area contributed by atoms with E-state index in [9.17, 15) is 14.4 Å². The highest BCUT2D eigenvalue weighted by atomic mass is 16.6. The Morgan fingerprint density at radius 1 is 0.371 bits per heavy atom. The maximum Gasteiger partial charge on any atom is 0.333 e. The first kappa shape index (κ1) is 60.0. The van der Waals surface area contributed by atoms with E-state index < -0.39 is 17.9 Å². The van der Waals surface area contributed by atoms with E-state index in [0.29, 0.717) is 51.8 Å². The van der Waals surface area contributed by atoms with E-state index in [1.165, 1.54) is 161 Å². The molecule has 0 amide bonds. The van der Waals surface area contributed by atoms with Crippen molar-refractivity contribution in [2.75, 3.05) is 79.3 Å². The average molecular weight is 885 g/mol. The van der Waals surface area contributed by atoms with Gasteiger partial charge in [0.2, 0.25) is 0 Å². The van der Waals surface area contributed by atoms with Gasteiger partial charge in [0.05, 0.1) is 59.1 Å². The zero-order chi connectivity index (χ0) is 45.2. The molecule has 0 rings (SSSR count). The average Bonchev–Trinajstić information content (AvgIpc) is 3.26. The smallest absolute Gasteiger partial charge is 0.333 e. The van der Waals surface area contributed by atoms with Gasteiger partial charge in [-0.25, -0.2) is 4.79 Å². The van der Waals surface area contributed by atoms with Crippen molar-refractivity contribution in [2.24, 2.45) is 0 Å². The summed E-state index contributed by atoms with van der Waals surface area (Å²) in [5, 5.41) is 0. The Bertz CT molecular complexity index is 991. The Balaban J connectivity index is 4.16. The quantitative estimate of drug-likeness (QED) is 0.0251. The Labute approximate surface area is 380 Å². The number of hydrogen-bond donors (Lipinski definition) is 0. The standard InChI is InChI=1S/C51H96O11/c1-5-7-9-11-13-15-17-19-21-23-25-27-29-31-35-58-45-48(59-36-32-30-28-26-24-22-20-18-16-14-12-10-8-6-2)46-62-50(53)34-33-49(52)60-43-41-56-39-37-55-38-40-57-42-44-61-51(54)47(3)4/h48H,3,5-46H2,1-2,4H3. The van der Waals surface area contributed by atoms with E-state index in [4.69, 9.17) is 37.9 Å². The van der Waals surface area contributed by atoms with Gasteiger partial charge in [0.25, 0.3) is 0 Å². The summed E-state index contributed by atoms with van der Waals surface area (Å²) < 4.78 is 44.0. The Hall–Kier alpha value is -2.05. The summed E-state index contributed by atoms with van der Waals surface area (Å²) in [6, 6.07) is 0. The molecule has 0 spiro atoms. The third-order valence-electron chi connectivity index (χ3n) is 10.8. The number of unbranched alkanes of at least 4 members (excludes halogenated alkanes) is 26. The summed E-state index contributed by atoms with van der Waals surface area (Å²) in [7, 11) is 0. The van der Waals surface area contributed by atoms with Crippen LogP contribution in [0.4, 0.5) is 0 Å². The second-order valence-corrected chi connectivity index (χ2v) is 16.9.